The van der Waals surface area contributed by atoms with Gasteiger partial charge in [0.05, 0.1) is 35.9 Å². The van der Waals surface area contributed by atoms with Crippen molar-refractivity contribution < 1.29 is 33.3 Å². The molecule has 166 valence electrons. The maximum absolute atomic E-state index is 12.8. The van der Waals surface area contributed by atoms with Crippen molar-refractivity contribution in [3.05, 3.63) is 52.3 Å². The topological polar surface area (TPSA) is 105 Å². The lowest BCUT2D eigenvalue weighted by Gasteiger charge is -2.06. The molecule has 0 spiro atoms. The zero-order valence-corrected chi connectivity index (χ0v) is 18.3. The molecule has 1 aliphatic rings. The quantitative estimate of drug-likeness (QED) is 0.525. The van der Waals surface area contributed by atoms with Crippen molar-refractivity contribution in [2.24, 2.45) is 4.99 Å². The monoisotopic (exact) mass is 456 g/mol. The van der Waals surface area contributed by atoms with Crippen LogP contribution >= 0.6 is 11.3 Å². The van der Waals surface area contributed by atoms with Crippen molar-refractivity contribution >= 4 is 39.4 Å². The number of carbonyl (C=O) groups is 3. The molecule has 1 amide bonds. The molecule has 0 radical (unpaired) electrons. The number of fused-ring (bicyclic) bond motifs is 2. The van der Waals surface area contributed by atoms with Crippen molar-refractivity contribution in [1.82, 2.24) is 4.57 Å². The zero-order chi connectivity index (χ0) is 22.7. The number of nitrogens with zero attached hydrogens (tertiary/aromatic N) is 2. The first kappa shape index (κ1) is 21.6. The summed E-state index contributed by atoms with van der Waals surface area (Å²) < 4.78 is 23.2. The summed E-state index contributed by atoms with van der Waals surface area (Å²) in [7, 11) is 1.29. The number of amides is 1. The molecule has 0 bridgehead atoms. The third kappa shape index (κ3) is 4.35. The molecule has 2 aromatic carbocycles. The Kier molecular flexibility index (Phi) is 6.22. The fourth-order valence-corrected chi connectivity index (χ4v) is 4.28. The molecule has 0 aliphatic carbocycles. The second kappa shape index (κ2) is 9.23. The summed E-state index contributed by atoms with van der Waals surface area (Å²) in [5.41, 5.74) is 1.43. The number of esters is 2. The molecule has 3 aromatic rings. The molecule has 9 nitrogen and oxygen atoms in total. The van der Waals surface area contributed by atoms with E-state index in [-0.39, 0.29) is 25.7 Å². The molecule has 0 saturated carbocycles. The number of ether oxygens (including phenoxy) is 4. The van der Waals surface area contributed by atoms with Gasteiger partial charge in [0.1, 0.15) is 0 Å². The molecule has 4 rings (SSSR count). The first-order valence-electron chi connectivity index (χ1n) is 9.86. The minimum absolute atomic E-state index is 0.128. The van der Waals surface area contributed by atoms with Crippen molar-refractivity contribution in [2.75, 3.05) is 20.5 Å². The maximum atomic E-state index is 12.8. The van der Waals surface area contributed by atoms with Gasteiger partial charge in [0.15, 0.2) is 16.3 Å². The van der Waals surface area contributed by atoms with E-state index in [0.29, 0.717) is 34.0 Å². The standard InChI is InChI=1S/C22H20N2O7S/c1-3-29-19(25)8-9-24-15-10-16-17(31-12-30-16)11-18(15)32-22(24)23-20(26)13-4-6-14(7-5-13)21(27)28-2/h4-7,10-11H,3,8-9,12H2,1-2H3. The van der Waals surface area contributed by atoms with Crippen LogP contribution in [0.15, 0.2) is 41.4 Å². The maximum Gasteiger partial charge on any atom is 0.337 e. The first-order valence-corrected chi connectivity index (χ1v) is 10.7. The summed E-state index contributed by atoms with van der Waals surface area (Å²) in [6, 6.07) is 9.70. The Morgan fingerprint density at radius 2 is 1.78 bits per heavy atom. The third-order valence-corrected chi connectivity index (χ3v) is 5.81. The molecular formula is C22H20N2O7S. The van der Waals surface area contributed by atoms with Gasteiger partial charge in [-0.2, -0.15) is 4.99 Å². The molecule has 0 saturated heterocycles. The molecule has 0 atom stereocenters. The van der Waals surface area contributed by atoms with Crippen LogP contribution in [0.1, 0.15) is 34.1 Å². The highest BCUT2D eigenvalue weighted by molar-refractivity contribution is 7.16. The van der Waals surface area contributed by atoms with Crippen LogP contribution in [-0.2, 0) is 20.8 Å². The van der Waals surface area contributed by atoms with Gasteiger partial charge < -0.3 is 23.5 Å². The number of benzene rings is 2. The van der Waals surface area contributed by atoms with E-state index in [1.807, 2.05) is 12.1 Å². The van der Waals surface area contributed by atoms with E-state index in [4.69, 9.17) is 14.2 Å². The zero-order valence-electron chi connectivity index (χ0n) is 17.5. The van der Waals surface area contributed by atoms with Gasteiger partial charge in [-0.05, 0) is 31.2 Å². The Hall–Kier alpha value is -3.66. The summed E-state index contributed by atoms with van der Waals surface area (Å²) in [6.45, 7) is 2.47. The van der Waals surface area contributed by atoms with E-state index in [1.54, 1.807) is 11.5 Å². The Balaban J connectivity index is 1.72. The average molecular weight is 456 g/mol. The third-order valence-electron chi connectivity index (χ3n) is 4.77. The van der Waals surface area contributed by atoms with E-state index in [2.05, 4.69) is 9.73 Å². The van der Waals surface area contributed by atoms with Crippen LogP contribution in [0.5, 0.6) is 11.5 Å². The Bertz CT molecular complexity index is 1260. The second-order valence-corrected chi connectivity index (χ2v) is 7.76. The summed E-state index contributed by atoms with van der Waals surface area (Å²) in [5, 5.41) is 0. The number of carbonyl (C=O) groups excluding carboxylic acids is 3. The fourth-order valence-electron chi connectivity index (χ4n) is 3.22. The highest BCUT2D eigenvalue weighted by Gasteiger charge is 2.19. The Labute approximate surface area is 186 Å². The van der Waals surface area contributed by atoms with Gasteiger partial charge in [0, 0.05) is 24.2 Å². The van der Waals surface area contributed by atoms with Crippen molar-refractivity contribution in [1.29, 1.82) is 0 Å². The van der Waals surface area contributed by atoms with Crippen LogP contribution < -0.4 is 14.3 Å². The van der Waals surface area contributed by atoms with E-state index in [1.165, 1.54) is 42.7 Å². The molecule has 2 heterocycles. The van der Waals surface area contributed by atoms with Gasteiger partial charge in [-0.15, -0.1) is 0 Å². The van der Waals surface area contributed by atoms with Crippen LogP contribution in [0, 0.1) is 0 Å². The van der Waals surface area contributed by atoms with Gasteiger partial charge in [0.25, 0.3) is 5.91 Å². The first-order chi connectivity index (χ1) is 15.5. The number of methoxy groups -OCH3 is 1. The minimum atomic E-state index is -0.486. The van der Waals surface area contributed by atoms with Gasteiger partial charge in [0.2, 0.25) is 6.79 Å². The molecule has 0 fully saturated rings. The molecular weight excluding hydrogens is 436 g/mol. The molecule has 0 unspecified atom stereocenters. The molecule has 32 heavy (non-hydrogen) atoms. The highest BCUT2D eigenvalue weighted by atomic mass is 32.1. The normalized spacial score (nSPS) is 12.8. The van der Waals surface area contributed by atoms with E-state index < -0.39 is 11.9 Å². The largest absolute Gasteiger partial charge is 0.466 e. The number of aryl methyl sites for hydroxylation is 1. The lowest BCUT2D eigenvalue weighted by atomic mass is 10.1. The average Bonchev–Trinajstić information content (AvgIpc) is 3.39. The predicted molar refractivity (Wildman–Crippen MR) is 115 cm³/mol. The van der Waals surface area contributed by atoms with Gasteiger partial charge in [-0.25, -0.2) is 4.79 Å². The summed E-state index contributed by atoms with van der Waals surface area (Å²) in [5.74, 6) is -0.0857. The smallest absolute Gasteiger partial charge is 0.337 e. The van der Waals surface area contributed by atoms with E-state index in [0.717, 1.165) is 10.2 Å². The summed E-state index contributed by atoms with van der Waals surface area (Å²) >= 11 is 1.30. The van der Waals surface area contributed by atoms with Crippen LogP contribution in [0.25, 0.3) is 10.2 Å². The van der Waals surface area contributed by atoms with Gasteiger partial charge in [-0.3, -0.25) is 9.59 Å². The van der Waals surface area contributed by atoms with Crippen molar-refractivity contribution in [3.8, 4) is 11.5 Å². The molecule has 1 aliphatic heterocycles. The lowest BCUT2D eigenvalue weighted by Crippen LogP contribution is -2.19. The fraction of sp³-hybridized carbons (Fsp3) is 0.273. The van der Waals surface area contributed by atoms with E-state index >= 15 is 0 Å². The lowest BCUT2D eigenvalue weighted by molar-refractivity contribution is -0.143. The minimum Gasteiger partial charge on any atom is -0.466 e. The van der Waals surface area contributed by atoms with E-state index in [9.17, 15) is 14.4 Å². The Morgan fingerprint density at radius 1 is 1.09 bits per heavy atom. The second-order valence-electron chi connectivity index (χ2n) is 6.75. The molecule has 1 aromatic heterocycles. The highest BCUT2D eigenvalue weighted by Crippen LogP contribution is 2.37. The van der Waals surface area contributed by atoms with Gasteiger partial charge in [-0.1, -0.05) is 11.3 Å². The van der Waals surface area contributed by atoms with Crippen LogP contribution in [-0.4, -0.2) is 42.9 Å². The molecule has 10 heteroatoms. The summed E-state index contributed by atoms with van der Waals surface area (Å²) in [4.78, 5) is 41.0. The van der Waals surface area contributed by atoms with Crippen LogP contribution in [0.4, 0.5) is 0 Å². The number of aromatic nitrogens is 1. The van der Waals surface area contributed by atoms with Crippen LogP contribution in [0.2, 0.25) is 0 Å². The van der Waals surface area contributed by atoms with Crippen molar-refractivity contribution in [3.63, 3.8) is 0 Å². The number of rotatable bonds is 6. The SMILES string of the molecule is CCOC(=O)CCn1c(=NC(=O)c2ccc(C(=O)OC)cc2)sc2cc3c(cc21)OCO3. The van der Waals surface area contributed by atoms with Gasteiger partial charge >= 0.3 is 11.9 Å². The number of hydrogen-bond donors (Lipinski definition) is 0. The Morgan fingerprint density at radius 3 is 2.47 bits per heavy atom. The number of hydrogen-bond acceptors (Lipinski definition) is 8. The van der Waals surface area contributed by atoms with Crippen molar-refractivity contribution in [2.45, 2.75) is 19.9 Å². The predicted octanol–water partition coefficient (Wildman–Crippen LogP) is 2.91. The number of thiazole rings is 1. The summed E-state index contributed by atoms with van der Waals surface area (Å²) in [6.07, 6.45) is 0.128. The van der Waals surface area contributed by atoms with Crippen LogP contribution in [0.3, 0.4) is 0 Å². The molecule has 0 N–H and O–H groups in total.